The number of hydrogen-bond donors (Lipinski definition) is 1. The smallest absolute Gasteiger partial charge is 0.243 e. The Kier molecular flexibility index (Phi) is 5.16. The summed E-state index contributed by atoms with van der Waals surface area (Å²) in [7, 11) is 0. The third-order valence-corrected chi connectivity index (χ3v) is 4.61. The molecule has 1 N–H and O–H groups in total. The van der Waals surface area contributed by atoms with Crippen LogP contribution in [0.3, 0.4) is 0 Å². The van der Waals surface area contributed by atoms with Gasteiger partial charge in [0.1, 0.15) is 6.04 Å². The van der Waals surface area contributed by atoms with E-state index in [9.17, 15) is 9.59 Å². The van der Waals surface area contributed by atoms with E-state index in [2.05, 4.69) is 5.32 Å². The van der Waals surface area contributed by atoms with Gasteiger partial charge in [0.25, 0.3) is 0 Å². The summed E-state index contributed by atoms with van der Waals surface area (Å²) in [5, 5.41) is 3.53. The van der Waals surface area contributed by atoms with E-state index >= 15 is 0 Å². The maximum atomic E-state index is 12.5. The number of likely N-dealkylation sites (tertiary alicyclic amines) is 1. The van der Waals surface area contributed by atoms with Crippen molar-refractivity contribution in [2.75, 3.05) is 0 Å². The van der Waals surface area contributed by atoms with Gasteiger partial charge in [-0.05, 0) is 23.6 Å². The molecular formula is C19H19ClN2O2. The maximum absolute atomic E-state index is 12.5. The summed E-state index contributed by atoms with van der Waals surface area (Å²) < 4.78 is 0. The Balaban J connectivity index is 1.64. The molecule has 0 bridgehead atoms. The number of carbonyl (C=O) groups is 2. The molecule has 1 aliphatic heterocycles. The Morgan fingerprint density at radius 1 is 1.12 bits per heavy atom. The fourth-order valence-corrected chi connectivity index (χ4v) is 3.13. The fraction of sp³-hybridized carbons (Fsp3) is 0.263. The van der Waals surface area contributed by atoms with E-state index in [-0.39, 0.29) is 11.8 Å². The molecule has 5 heteroatoms. The van der Waals surface area contributed by atoms with Crippen LogP contribution in [-0.4, -0.2) is 22.8 Å². The number of benzene rings is 2. The Morgan fingerprint density at radius 2 is 1.83 bits per heavy atom. The van der Waals surface area contributed by atoms with Crippen LogP contribution >= 0.6 is 11.6 Å². The molecule has 2 aromatic carbocycles. The third kappa shape index (κ3) is 3.77. The number of rotatable bonds is 5. The van der Waals surface area contributed by atoms with Gasteiger partial charge in [0, 0.05) is 24.5 Å². The normalized spacial score (nSPS) is 17.1. The summed E-state index contributed by atoms with van der Waals surface area (Å²) in [6.07, 6.45) is 0.969. The highest BCUT2D eigenvalue weighted by atomic mass is 35.5. The summed E-state index contributed by atoms with van der Waals surface area (Å²) in [4.78, 5) is 26.3. The van der Waals surface area contributed by atoms with Crippen LogP contribution in [-0.2, 0) is 22.7 Å². The number of hydrogen-bond acceptors (Lipinski definition) is 2. The van der Waals surface area contributed by atoms with E-state index in [1.54, 1.807) is 11.0 Å². The highest BCUT2D eigenvalue weighted by Crippen LogP contribution is 2.22. The van der Waals surface area contributed by atoms with Crippen molar-refractivity contribution in [3.63, 3.8) is 0 Å². The van der Waals surface area contributed by atoms with Gasteiger partial charge in [-0.1, -0.05) is 60.1 Å². The van der Waals surface area contributed by atoms with Gasteiger partial charge in [-0.2, -0.15) is 0 Å². The van der Waals surface area contributed by atoms with Crippen molar-refractivity contribution in [1.82, 2.24) is 10.2 Å². The molecule has 1 unspecified atom stereocenters. The first-order valence-electron chi connectivity index (χ1n) is 7.99. The van der Waals surface area contributed by atoms with Gasteiger partial charge in [0.2, 0.25) is 11.8 Å². The molecule has 0 aliphatic carbocycles. The second-order valence-electron chi connectivity index (χ2n) is 5.87. The first-order chi connectivity index (χ1) is 11.6. The second kappa shape index (κ2) is 7.49. The standard InChI is InChI=1S/C19H19ClN2O2/c20-16-9-5-4-8-15(16)12-21-19(24)17-10-11-18(23)22(17)13-14-6-2-1-3-7-14/h1-9,17H,10-13H2,(H,21,24). The molecule has 0 aromatic heterocycles. The molecule has 1 fully saturated rings. The average molecular weight is 343 g/mol. The largest absolute Gasteiger partial charge is 0.350 e. The number of nitrogens with one attached hydrogen (secondary N) is 1. The van der Waals surface area contributed by atoms with Crippen molar-refractivity contribution in [1.29, 1.82) is 0 Å². The Bertz CT molecular complexity index is 733. The number of amides is 2. The van der Waals surface area contributed by atoms with Crippen LogP contribution < -0.4 is 5.32 Å². The molecule has 24 heavy (non-hydrogen) atoms. The summed E-state index contributed by atoms with van der Waals surface area (Å²) >= 11 is 6.11. The fourth-order valence-electron chi connectivity index (χ4n) is 2.93. The Labute approximate surface area is 146 Å². The minimum atomic E-state index is -0.416. The van der Waals surface area contributed by atoms with E-state index in [0.717, 1.165) is 11.1 Å². The molecule has 124 valence electrons. The number of carbonyl (C=O) groups excluding carboxylic acids is 2. The van der Waals surface area contributed by atoms with Crippen LogP contribution in [0.2, 0.25) is 5.02 Å². The van der Waals surface area contributed by atoms with E-state index in [0.29, 0.717) is 31.0 Å². The first-order valence-corrected chi connectivity index (χ1v) is 8.37. The molecule has 2 amide bonds. The molecule has 3 rings (SSSR count). The lowest BCUT2D eigenvalue weighted by Crippen LogP contribution is -2.44. The average Bonchev–Trinajstić information content (AvgIpc) is 2.96. The molecule has 0 saturated carbocycles. The van der Waals surface area contributed by atoms with Crippen LogP contribution in [0, 0.1) is 0 Å². The van der Waals surface area contributed by atoms with Crippen LogP contribution in [0.1, 0.15) is 24.0 Å². The molecule has 0 spiro atoms. The molecular weight excluding hydrogens is 324 g/mol. The van der Waals surface area contributed by atoms with Crippen molar-refractivity contribution in [2.45, 2.75) is 32.0 Å². The monoisotopic (exact) mass is 342 g/mol. The number of nitrogens with zero attached hydrogens (tertiary/aromatic N) is 1. The van der Waals surface area contributed by atoms with Crippen LogP contribution in [0.15, 0.2) is 54.6 Å². The quantitative estimate of drug-likeness (QED) is 0.907. The SMILES string of the molecule is O=C(NCc1ccccc1Cl)C1CCC(=O)N1Cc1ccccc1. The van der Waals surface area contributed by atoms with E-state index in [1.807, 2.05) is 48.5 Å². The van der Waals surface area contributed by atoms with Crippen molar-refractivity contribution in [3.8, 4) is 0 Å². The first kappa shape index (κ1) is 16.5. The summed E-state index contributed by atoms with van der Waals surface area (Å²) in [6, 6.07) is 16.7. The molecule has 1 atom stereocenters. The van der Waals surface area contributed by atoms with Crippen molar-refractivity contribution in [3.05, 3.63) is 70.7 Å². The zero-order chi connectivity index (χ0) is 16.9. The zero-order valence-corrected chi connectivity index (χ0v) is 14.0. The van der Waals surface area contributed by atoms with Crippen molar-refractivity contribution in [2.24, 2.45) is 0 Å². The second-order valence-corrected chi connectivity index (χ2v) is 6.28. The van der Waals surface area contributed by atoms with Gasteiger partial charge < -0.3 is 10.2 Å². The minimum Gasteiger partial charge on any atom is -0.350 e. The van der Waals surface area contributed by atoms with Gasteiger partial charge in [-0.25, -0.2) is 0 Å². The van der Waals surface area contributed by atoms with Gasteiger partial charge in [-0.3, -0.25) is 9.59 Å². The highest BCUT2D eigenvalue weighted by molar-refractivity contribution is 6.31. The van der Waals surface area contributed by atoms with Crippen molar-refractivity contribution < 1.29 is 9.59 Å². The summed E-state index contributed by atoms with van der Waals surface area (Å²) in [5.41, 5.74) is 1.89. The molecule has 1 aliphatic rings. The van der Waals surface area contributed by atoms with Gasteiger partial charge in [-0.15, -0.1) is 0 Å². The van der Waals surface area contributed by atoms with Crippen LogP contribution in [0.4, 0.5) is 0 Å². The Hall–Kier alpha value is -2.33. The topological polar surface area (TPSA) is 49.4 Å². The molecule has 1 heterocycles. The summed E-state index contributed by atoms with van der Waals surface area (Å²) in [6.45, 7) is 0.826. The predicted molar refractivity (Wildman–Crippen MR) is 93.3 cm³/mol. The van der Waals surface area contributed by atoms with Crippen molar-refractivity contribution >= 4 is 23.4 Å². The van der Waals surface area contributed by atoms with Gasteiger partial charge in [0.15, 0.2) is 0 Å². The summed E-state index contributed by atoms with van der Waals surface area (Å²) in [5.74, 6) is -0.103. The highest BCUT2D eigenvalue weighted by Gasteiger charge is 2.35. The molecule has 4 nitrogen and oxygen atoms in total. The molecule has 2 aromatic rings. The predicted octanol–water partition coefficient (Wildman–Crippen LogP) is 3.15. The third-order valence-electron chi connectivity index (χ3n) is 4.24. The molecule has 1 saturated heterocycles. The van der Waals surface area contributed by atoms with Crippen LogP contribution in [0.5, 0.6) is 0 Å². The van der Waals surface area contributed by atoms with Crippen LogP contribution in [0.25, 0.3) is 0 Å². The lowest BCUT2D eigenvalue weighted by atomic mass is 10.1. The van der Waals surface area contributed by atoms with E-state index in [1.165, 1.54) is 0 Å². The lowest BCUT2D eigenvalue weighted by Gasteiger charge is -2.24. The van der Waals surface area contributed by atoms with E-state index < -0.39 is 6.04 Å². The van der Waals surface area contributed by atoms with E-state index in [4.69, 9.17) is 11.6 Å². The van der Waals surface area contributed by atoms with Gasteiger partial charge in [0.05, 0.1) is 0 Å². The Morgan fingerprint density at radius 3 is 2.58 bits per heavy atom. The molecule has 0 radical (unpaired) electrons. The van der Waals surface area contributed by atoms with Gasteiger partial charge >= 0.3 is 0 Å². The number of halogens is 1. The maximum Gasteiger partial charge on any atom is 0.243 e. The lowest BCUT2D eigenvalue weighted by molar-refractivity contribution is -0.135. The zero-order valence-electron chi connectivity index (χ0n) is 13.2. The minimum absolute atomic E-state index is 0.0248.